The Kier molecular flexibility index (Phi) is 9.75. The Labute approximate surface area is 192 Å². The van der Waals surface area contributed by atoms with Crippen LogP contribution in [0.5, 0.6) is 11.5 Å². The average Bonchev–Trinajstić information content (AvgIpc) is 2.74. The van der Waals surface area contributed by atoms with E-state index < -0.39 is 0 Å². The van der Waals surface area contributed by atoms with Gasteiger partial charge >= 0.3 is 0 Å². The fourth-order valence-electron chi connectivity index (χ4n) is 2.86. The molecule has 0 spiro atoms. The monoisotopic (exact) mass is 467 g/mol. The summed E-state index contributed by atoms with van der Waals surface area (Å²) in [4.78, 5) is 26.0. The zero-order valence-electron chi connectivity index (χ0n) is 17.8. The van der Waals surface area contributed by atoms with Crippen LogP contribution >= 0.6 is 23.2 Å². The third kappa shape index (κ3) is 7.52. The summed E-state index contributed by atoms with van der Waals surface area (Å²) in [7, 11) is 1.57. The topological polar surface area (TPSA) is 79.9 Å². The Morgan fingerprint density at radius 2 is 1.74 bits per heavy atom. The highest BCUT2D eigenvalue weighted by atomic mass is 35.5. The van der Waals surface area contributed by atoms with Crippen LogP contribution in [-0.4, -0.2) is 50.1 Å². The second-order valence-corrected chi connectivity index (χ2v) is 7.41. The van der Waals surface area contributed by atoms with E-state index >= 15 is 0 Å². The van der Waals surface area contributed by atoms with Gasteiger partial charge in [0.25, 0.3) is 5.91 Å². The number of nitrogens with one attached hydrogen (secondary N) is 2. The second-order valence-electron chi connectivity index (χ2n) is 6.57. The van der Waals surface area contributed by atoms with Crippen LogP contribution in [-0.2, 0) is 9.59 Å². The Bertz CT molecular complexity index is 904. The predicted molar refractivity (Wildman–Crippen MR) is 125 cm³/mol. The molecule has 0 unspecified atom stereocenters. The van der Waals surface area contributed by atoms with Crippen molar-refractivity contribution in [1.82, 2.24) is 4.90 Å². The van der Waals surface area contributed by atoms with E-state index in [1.807, 2.05) is 13.8 Å². The van der Waals surface area contributed by atoms with Crippen molar-refractivity contribution < 1.29 is 19.1 Å². The number of benzene rings is 2. The molecule has 9 heteroatoms. The molecule has 0 aliphatic carbocycles. The number of halogens is 2. The number of rotatable bonds is 11. The van der Waals surface area contributed by atoms with Crippen LogP contribution < -0.4 is 20.1 Å². The van der Waals surface area contributed by atoms with E-state index in [0.717, 1.165) is 0 Å². The third-order valence-electron chi connectivity index (χ3n) is 4.51. The normalized spacial score (nSPS) is 10.4. The van der Waals surface area contributed by atoms with Crippen molar-refractivity contribution in [1.29, 1.82) is 0 Å². The second kappa shape index (κ2) is 12.3. The number of carbonyl (C=O) groups is 2. The number of hydrogen-bond donors (Lipinski definition) is 2. The Hall–Kier alpha value is -2.64. The first kappa shape index (κ1) is 24.6. The highest BCUT2D eigenvalue weighted by molar-refractivity contribution is 6.32. The largest absolute Gasteiger partial charge is 0.495 e. The number of methoxy groups -OCH3 is 1. The molecule has 31 heavy (non-hydrogen) atoms. The van der Waals surface area contributed by atoms with Gasteiger partial charge in [0.1, 0.15) is 11.5 Å². The smallest absolute Gasteiger partial charge is 0.260 e. The van der Waals surface area contributed by atoms with Gasteiger partial charge in [0, 0.05) is 36.8 Å². The van der Waals surface area contributed by atoms with Gasteiger partial charge in [-0.2, -0.15) is 0 Å². The van der Waals surface area contributed by atoms with Crippen molar-refractivity contribution in [3.63, 3.8) is 0 Å². The molecule has 0 bridgehead atoms. The van der Waals surface area contributed by atoms with Crippen LogP contribution in [0.2, 0.25) is 10.0 Å². The van der Waals surface area contributed by atoms with Gasteiger partial charge in [0.05, 0.1) is 17.8 Å². The Morgan fingerprint density at radius 3 is 2.39 bits per heavy atom. The van der Waals surface area contributed by atoms with Gasteiger partial charge in [-0.25, -0.2) is 0 Å². The summed E-state index contributed by atoms with van der Waals surface area (Å²) in [6.45, 7) is 5.36. The SMILES string of the molecule is CCN(CC)C(=O)COc1ccc(NC(=O)CCNc2cc(Cl)ccc2OC)cc1Cl. The van der Waals surface area contributed by atoms with Crippen LogP contribution in [0.1, 0.15) is 20.3 Å². The molecular weight excluding hydrogens is 441 g/mol. The van der Waals surface area contributed by atoms with E-state index in [4.69, 9.17) is 32.7 Å². The molecule has 7 nitrogen and oxygen atoms in total. The van der Waals surface area contributed by atoms with Crippen molar-refractivity contribution >= 4 is 46.4 Å². The summed E-state index contributed by atoms with van der Waals surface area (Å²) in [6.07, 6.45) is 0.226. The number of amides is 2. The first-order valence-electron chi connectivity index (χ1n) is 9.95. The van der Waals surface area contributed by atoms with E-state index in [1.165, 1.54) is 0 Å². The fraction of sp³-hybridized carbons (Fsp3) is 0.364. The average molecular weight is 468 g/mol. The van der Waals surface area contributed by atoms with Crippen molar-refractivity contribution in [2.24, 2.45) is 0 Å². The van der Waals surface area contributed by atoms with Gasteiger partial charge in [0.2, 0.25) is 5.91 Å². The molecule has 2 N–H and O–H groups in total. The van der Waals surface area contributed by atoms with Crippen LogP contribution in [0.4, 0.5) is 11.4 Å². The van der Waals surface area contributed by atoms with Gasteiger partial charge in [0.15, 0.2) is 6.61 Å². The molecule has 0 saturated heterocycles. The molecular formula is C22H27Cl2N3O4. The Balaban J connectivity index is 1.85. The predicted octanol–water partition coefficient (Wildman–Crippen LogP) is 4.69. The summed E-state index contributed by atoms with van der Waals surface area (Å²) in [5.41, 5.74) is 1.25. The van der Waals surface area contributed by atoms with Gasteiger partial charge < -0.3 is 25.0 Å². The molecule has 0 radical (unpaired) electrons. The van der Waals surface area contributed by atoms with Crippen LogP contribution in [0.15, 0.2) is 36.4 Å². The van der Waals surface area contributed by atoms with Crippen molar-refractivity contribution in [3.05, 3.63) is 46.4 Å². The summed E-state index contributed by atoms with van der Waals surface area (Å²) >= 11 is 12.2. The lowest BCUT2D eigenvalue weighted by molar-refractivity contribution is -0.133. The number of ether oxygens (including phenoxy) is 2. The van der Waals surface area contributed by atoms with Gasteiger partial charge in [-0.3, -0.25) is 9.59 Å². The highest BCUT2D eigenvalue weighted by Gasteiger charge is 2.12. The van der Waals surface area contributed by atoms with Gasteiger partial charge in [-0.1, -0.05) is 23.2 Å². The van der Waals surface area contributed by atoms with Crippen molar-refractivity contribution in [2.45, 2.75) is 20.3 Å². The summed E-state index contributed by atoms with van der Waals surface area (Å²) in [6, 6.07) is 10.1. The van der Waals surface area contributed by atoms with Crippen molar-refractivity contribution in [3.8, 4) is 11.5 Å². The van der Waals surface area contributed by atoms with E-state index in [-0.39, 0.29) is 24.8 Å². The zero-order valence-corrected chi connectivity index (χ0v) is 19.3. The van der Waals surface area contributed by atoms with Gasteiger partial charge in [-0.15, -0.1) is 0 Å². The fourth-order valence-corrected chi connectivity index (χ4v) is 3.26. The van der Waals surface area contributed by atoms with E-state index in [0.29, 0.717) is 52.6 Å². The maximum Gasteiger partial charge on any atom is 0.260 e. The van der Waals surface area contributed by atoms with Crippen LogP contribution in [0.25, 0.3) is 0 Å². The number of carbonyl (C=O) groups excluding carboxylic acids is 2. The molecule has 168 valence electrons. The Morgan fingerprint density at radius 1 is 1.03 bits per heavy atom. The van der Waals surface area contributed by atoms with Crippen LogP contribution in [0.3, 0.4) is 0 Å². The number of anilines is 2. The van der Waals surface area contributed by atoms with E-state index in [1.54, 1.807) is 48.4 Å². The molecule has 2 rings (SSSR count). The molecule has 0 aliphatic rings. The number of likely N-dealkylation sites (N-methyl/N-ethyl adjacent to an activating group) is 1. The maximum absolute atomic E-state index is 12.2. The minimum absolute atomic E-state index is 0.0915. The minimum Gasteiger partial charge on any atom is -0.495 e. The minimum atomic E-state index is -0.185. The molecule has 0 saturated carbocycles. The number of nitrogens with zero attached hydrogens (tertiary/aromatic N) is 1. The van der Waals surface area contributed by atoms with Crippen molar-refractivity contribution in [2.75, 3.05) is 44.0 Å². The summed E-state index contributed by atoms with van der Waals surface area (Å²) in [5.74, 6) is 0.735. The summed E-state index contributed by atoms with van der Waals surface area (Å²) in [5, 5.41) is 6.81. The standard InChI is InChI=1S/C22H27Cl2N3O4/c1-4-27(5-2)22(29)14-31-19-9-7-16(13-17(19)24)26-21(28)10-11-25-18-12-15(23)6-8-20(18)30-3/h6-9,12-13,25H,4-5,10-11,14H2,1-3H3,(H,26,28). The lowest BCUT2D eigenvalue weighted by atomic mass is 10.2. The number of hydrogen-bond acceptors (Lipinski definition) is 5. The third-order valence-corrected chi connectivity index (χ3v) is 5.04. The van der Waals surface area contributed by atoms with E-state index in [9.17, 15) is 9.59 Å². The highest BCUT2D eigenvalue weighted by Crippen LogP contribution is 2.29. The first-order valence-corrected chi connectivity index (χ1v) is 10.7. The lowest BCUT2D eigenvalue weighted by Gasteiger charge is -2.19. The molecule has 0 atom stereocenters. The molecule has 2 aromatic rings. The summed E-state index contributed by atoms with van der Waals surface area (Å²) < 4.78 is 10.8. The lowest BCUT2D eigenvalue weighted by Crippen LogP contribution is -2.34. The first-order chi connectivity index (χ1) is 14.9. The van der Waals surface area contributed by atoms with E-state index in [2.05, 4.69) is 10.6 Å². The molecule has 0 heterocycles. The maximum atomic E-state index is 12.2. The molecule has 2 amide bonds. The molecule has 0 fully saturated rings. The zero-order chi connectivity index (χ0) is 22.8. The van der Waals surface area contributed by atoms with Gasteiger partial charge in [-0.05, 0) is 50.2 Å². The molecule has 0 aromatic heterocycles. The quantitative estimate of drug-likeness (QED) is 0.500. The molecule has 2 aromatic carbocycles. The van der Waals surface area contributed by atoms with Crippen LogP contribution in [0, 0.1) is 0 Å². The molecule has 0 aliphatic heterocycles.